The second-order valence-corrected chi connectivity index (χ2v) is 3.82. The second-order valence-electron chi connectivity index (χ2n) is 3.82. The smallest absolute Gasteiger partial charge is 0.239 e. The monoisotopic (exact) mass is 242 g/mol. The fraction of sp³-hybridized carbons (Fsp3) is 0.364. The molecule has 88 valence electrons. The van der Waals surface area contributed by atoms with Crippen molar-refractivity contribution in [1.82, 2.24) is 4.90 Å². The lowest BCUT2D eigenvalue weighted by atomic mass is 10.2. The van der Waals surface area contributed by atoms with Crippen LogP contribution in [0.4, 0.5) is 0 Å². The zero-order valence-electron chi connectivity index (χ0n) is 8.80. The van der Waals surface area contributed by atoms with Crippen LogP contribution in [0.3, 0.4) is 0 Å². The summed E-state index contributed by atoms with van der Waals surface area (Å²) in [6, 6.07) is 6.59. The van der Waals surface area contributed by atoms with E-state index in [0.29, 0.717) is 13.1 Å². The van der Waals surface area contributed by atoms with E-state index in [1.165, 1.54) is 0 Å². The minimum Gasteiger partial charge on any atom is -0.508 e. The number of carbonyl (C=O) groups is 1. The Morgan fingerprint density at radius 1 is 1.50 bits per heavy atom. The number of likely N-dealkylation sites (tertiary alicyclic amines) is 1. The SMILES string of the molecule is Cl.N[C@@H]1CCN(Cc2cccc(O)c2)C1=O. The summed E-state index contributed by atoms with van der Waals surface area (Å²) >= 11 is 0. The van der Waals surface area contributed by atoms with Crippen LogP contribution in [0.15, 0.2) is 24.3 Å². The molecule has 1 aliphatic rings. The summed E-state index contributed by atoms with van der Waals surface area (Å²) in [5.41, 5.74) is 6.54. The van der Waals surface area contributed by atoms with Crippen molar-refractivity contribution in [2.45, 2.75) is 19.0 Å². The highest BCUT2D eigenvalue weighted by Gasteiger charge is 2.28. The maximum atomic E-state index is 11.5. The Labute approximate surface area is 100 Å². The summed E-state index contributed by atoms with van der Waals surface area (Å²) in [4.78, 5) is 13.3. The van der Waals surface area contributed by atoms with Gasteiger partial charge in [0.1, 0.15) is 5.75 Å². The normalized spacial score (nSPS) is 19.7. The van der Waals surface area contributed by atoms with Crippen molar-refractivity contribution in [3.05, 3.63) is 29.8 Å². The molecule has 1 aromatic rings. The number of amides is 1. The van der Waals surface area contributed by atoms with Crippen LogP contribution in [0.2, 0.25) is 0 Å². The van der Waals surface area contributed by atoms with Crippen molar-refractivity contribution < 1.29 is 9.90 Å². The molecule has 0 saturated carbocycles. The van der Waals surface area contributed by atoms with Gasteiger partial charge in [-0.3, -0.25) is 4.79 Å². The van der Waals surface area contributed by atoms with Crippen molar-refractivity contribution in [2.75, 3.05) is 6.54 Å². The average molecular weight is 243 g/mol. The van der Waals surface area contributed by atoms with Crippen LogP contribution in [0.1, 0.15) is 12.0 Å². The van der Waals surface area contributed by atoms with Gasteiger partial charge in [-0.1, -0.05) is 12.1 Å². The molecule has 1 amide bonds. The Balaban J connectivity index is 0.00000128. The number of nitrogens with two attached hydrogens (primary N) is 1. The van der Waals surface area contributed by atoms with Crippen molar-refractivity contribution in [1.29, 1.82) is 0 Å². The van der Waals surface area contributed by atoms with Crippen LogP contribution in [0, 0.1) is 0 Å². The maximum absolute atomic E-state index is 11.5. The molecule has 0 radical (unpaired) electrons. The zero-order valence-corrected chi connectivity index (χ0v) is 9.61. The summed E-state index contributed by atoms with van der Waals surface area (Å²) in [5, 5.41) is 9.28. The highest BCUT2D eigenvalue weighted by atomic mass is 35.5. The van der Waals surface area contributed by atoms with E-state index in [1.807, 2.05) is 6.07 Å². The van der Waals surface area contributed by atoms with Crippen molar-refractivity contribution in [3.63, 3.8) is 0 Å². The number of halogens is 1. The van der Waals surface area contributed by atoms with Gasteiger partial charge in [0.15, 0.2) is 0 Å². The summed E-state index contributed by atoms with van der Waals surface area (Å²) in [7, 11) is 0. The predicted molar refractivity (Wildman–Crippen MR) is 63.4 cm³/mol. The molecule has 0 aliphatic carbocycles. The van der Waals surface area contributed by atoms with Crippen molar-refractivity contribution in [2.24, 2.45) is 5.73 Å². The van der Waals surface area contributed by atoms with E-state index in [4.69, 9.17) is 5.73 Å². The van der Waals surface area contributed by atoms with Crippen LogP contribution in [-0.4, -0.2) is 28.5 Å². The van der Waals surface area contributed by atoms with Gasteiger partial charge in [-0.15, -0.1) is 12.4 Å². The number of phenols is 1. The molecule has 1 saturated heterocycles. The third-order valence-electron chi connectivity index (χ3n) is 2.62. The number of rotatable bonds is 2. The summed E-state index contributed by atoms with van der Waals surface area (Å²) < 4.78 is 0. The molecule has 1 atom stereocenters. The highest BCUT2D eigenvalue weighted by Crippen LogP contribution is 2.16. The summed E-state index contributed by atoms with van der Waals surface area (Å²) in [5.74, 6) is 0.224. The first-order chi connectivity index (χ1) is 7.16. The van der Waals surface area contributed by atoms with E-state index < -0.39 is 0 Å². The molecule has 1 aromatic carbocycles. The molecule has 3 N–H and O–H groups in total. The van der Waals surface area contributed by atoms with E-state index in [0.717, 1.165) is 12.0 Å². The molecule has 0 spiro atoms. The number of benzene rings is 1. The molecule has 4 nitrogen and oxygen atoms in total. The lowest BCUT2D eigenvalue weighted by Crippen LogP contribution is -2.33. The van der Waals surface area contributed by atoms with Crippen LogP contribution in [0.5, 0.6) is 5.75 Å². The third-order valence-corrected chi connectivity index (χ3v) is 2.62. The van der Waals surface area contributed by atoms with Crippen LogP contribution in [-0.2, 0) is 11.3 Å². The first-order valence-corrected chi connectivity index (χ1v) is 4.99. The van der Waals surface area contributed by atoms with Crippen LogP contribution >= 0.6 is 12.4 Å². The van der Waals surface area contributed by atoms with E-state index >= 15 is 0 Å². The van der Waals surface area contributed by atoms with Gasteiger partial charge in [0.25, 0.3) is 0 Å². The number of hydrogen-bond donors (Lipinski definition) is 2. The maximum Gasteiger partial charge on any atom is 0.239 e. The van der Waals surface area contributed by atoms with Crippen LogP contribution < -0.4 is 5.73 Å². The number of aromatic hydroxyl groups is 1. The lowest BCUT2D eigenvalue weighted by Gasteiger charge is -2.15. The highest BCUT2D eigenvalue weighted by molar-refractivity contribution is 5.85. The molecular weight excluding hydrogens is 228 g/mol. The first-order valence-electron chi connectivity index (χ1n) is 4.99. The molecule has 2 rings (SSSR count). The lowest BCUT2D eigenvalue weighted by molar-refractivity contribution is -0.129. The Bertz CT molecular complexity index is 384. The summed E-state index contributed by atoms with van der Waals surface area (Å²) in [6.07, 6.45) is 0.720. The van der Waals surface area contributed by atoms with Gasteiger partial charge in [0.2, 0.25) is 5.91 Å². The molecule has 1 heterocycles. The first kappa shape index (κ1) is 12.8. The fourth-order valence-electron chi connectivity index (χ4n) is 1.80. The van der Waals surface area contributed by atoms with Gasteiger partial charge in [0, 0.05) is 13.1 Å². The van der Waals surface area contributed by atoms with Gasteiger partial charge in [0.05, 0.1) is 6.04 Å². The van der Waals surface area contributed by atoms with Gasteiger partial charge in [-0.25, -0.2) is 0 Å². The Morgan fingerprint density at radius 3 is 2.81 bits per heavy atom. The Hall–Kier alpha value is -1.26. The van der Waals surface area contributed by atoms with Gasteiger partial charge >= 0.3 is 0 Å². The van der Waals surface area contributed by atoms with Gasteiger partial charge in [-0.2, -0.15) is 0 Å². The standard InChI is InChI=1S/C11H14N2O2.ClH/c12-10-4-5-13(11(10)15)7-8-2-1-3-9(14)6-8;/h1-3,6,10,14H,4-5,7,12H2;1H/t10-;/m1./s1. The number of phenolic OH excluding ortho intramolecular Hbond substituents is 1. The number of nitrogens with zero attached hydrogens (tertiary/aromatic N) is 1. The van der Waals surface area contributed by atoms with E-state index in [-0.39, 0.29) is 30.1 Å². The molecule has 0 unspecified atom stereocenters. The molecular formula is C11H15ClN2O2. The molecule has 16 heavy (non-hydrogen) atoms. The zero-order chi connectivity index (χ0) is 10.8. The van der Waals surface area contributed by atoms with E-state index in [2.05, 4.69) is 0 Å². The van der Waals surface area contributed by atoms with Gasteiger partial charge < -0.3 is 15.7 Å². The van der Waals surface area contributed by atoms with E-state index in [9.17, 15) is 9.90 Å². The largest absolute Gasteiger partial charge is 0.508 e. The third kappa shape index (κ3) is 2.65. The minimum atomic E-state index is -0.345. The predicted octanol–water partition coefficient (Wildman–Crippen LogP) is 0.874. The molecule has 5 heteroatoms. The number of hydrogen-bond acceptors (Lipinski definition) is 3. The Kier molecular flexibility index (Phi) is 4.15. The molecule has 1 aliphatic heterocycles. The van der Waals surface area contributed by atoms with E-state index in [1.54, 1.807) is 23.1 Å². The van der Waals surface area contributed by atoms with Gasteiger partial charge in [-0.05, 0) is 24.1 Å². The van der Waals surface area contributed by atoms with Crippen molar-refractivity contribution in [3.8, 4) is 5.75 Å². The fourth-order valence-corrected chi connectivity index (χ4v) is 1.80. The van der Waals surface area contributed by atoms with Crippen molar-refractivity contribution >= 4 is 18.3 Å². The number of carbonyl (C=O) groups excluding carboxylic acids is 1. The Morgan fingerprint density at radius 2 is 2.25 bits per heavy atom. The molecule has 0 aromatic heterocycles. The second kappa shape index (κ2) is 5.18. The minimum absolute atomic E-state index is 0. The average Bonchev–Trinajstić information content (AvgIpc) is 2.50. The molecule has 0 bridgehead atoms. The quantitative estimate of drug-likeness (QED) is 0.809. The van der Waals surface area contributed by atoms with Crippen LogP contribution in [0.25, 0.3) is 0 Å². The summed E-state index contributed by atoms with van der Waals surface area (Å²) in [6.45, 7) is 1.23. The topological polar surface area (TPSA) is 66.6 Å². The molecule has 1 fully saturated rings.